The Balaban J connectivity index is 2.24. The van der Waals surface area contributed by atoms with Gasteiger partial charge in [-0.1, -0.05) is 23.7 Å². The van der Waals surface area contributed by atoms with E-state index < -0.39 is 5.97 Å². The van der Waals surface area contributed by atoms with Gasteiger partial charge in [-0.05, 0) is 33.6 Å². The lowest BCUT2D eigenvalue weighted by Gasteiger charge is -2.03. The molecule has 0 aliphatic carbocycles. The van der Waals surface area contributed by atoms with Crippen molar-refractivity contribution in [1.82, 2.24) is 9.78 Å². The lowest BCUT2D eigenvalue weighted by Crippen LogP contribution is -2.03. The van der Waals surface area contributed by atoms with Crippen LogP contribution in [0.3, 0.4) is 0 Å². The first-order valence-electron chi connectivity index (χ1n) is 4.77. The molecule has 88 valence electrons. The Labute approximate surface area is 111 Å². The van der Waals surface area contributed by atoms with Gasteiger partial charge in [0.1, 0.15) is 10.2 Å². The van der Waals surface area contributed by atoms with Gasteiger partial charge >= 0.3 is 5.97 Å². The maximum atomic E-state index is 10.8. The lowest BCUT2D eigenvalue weighted by atomic mass is 10.2. The van der Waals surface area contributed by atoms with Gasteiger partial charge < -0.3 is 5.11 Å². The third-order valence-electron chi connectivity index (χ3n) is 2.25. The zero-order valence-electron chi connectivity index (χ0n) is 8.60. The largest absolute Gasteiger partial charge is 0.478 e. The number of aromatic nitrogens is 2. The SMILES string of the molecule is O=C(O)c1cnn(Cc2ccc(Cl)cc2)c1Br. The van der Waals surface area contributed by atoms with Crippen molar-refractivity contribution in [1.29, 1.82) is 0 Å². The summed E-state index contributed by atoms with van der Waals surface area (Å²) in [6.07, 6.45) is 1.32. The van der Waals surface area contributed by atoms with Crippen LogP contribution in [-0.2, 0) is 6.54 Å². The molecule has 0 atom stereocenters. The highest BCUT2D eigenvalue weighted by Crippen LogP contribution is 2.18. The Morgan fingerprint density at radius 1 is 1.41 bits per heavy atom. The second-order valence-corrected chi connectivity index (χ2v) is 4.63. The molecule has 0 spiro atoms. The lowest BCUT2D eigenvalue weighted by molar-refractivity contribution is 0.0695. The van der Waals surface area contributed by atoms with Crippen LogP contribution in [0.2, 0.25) is 5.02 Å². The Morgan fingerprint density at radius 2 is 2.06 bits per heavy atom. The molecule has 0 unspecified atom stereocenters. The number of aromatic carboxylic acids is 1. The van der Waals surface area contributed by atoms with E-state index in [1.807, 2.05) is 12.1 Å². The molecule has 2 aromatic rings. The van der Waals surface area contributed by atoms with E-state index >= 15 is 0 Å². The molecule has 1 aromatic carbocycles. The highest BCUT2D eigenvalue weighted by Gasteiger charge is 2.14. The average Bonchev–Trinajstić information content (AvgIpc) is 2.64. The van der Waals surface area contributed by atoms with Gasteiger partial charge in [0, 0.05) is 5.02 Å². The molecule has 0 aliphatic rings. The summed E-state index contributed by atoms with van der Waals surface area (Å²) in [6, 6.07) is 7.31. The first-order valence-corrected chi connectivity index (χ1v) is 5.94. The first kappa shape index (κ1) is 12.1. The highest BCUT2D eigenvalue weighted by molar-refractivity contribution is 9.10. The minimum Gasteiger partial charge on any atom is -0.478 e. The predicted molar refractivity (Wildman–Crippen MR) is 67.4 cm³/mol. The minimum atomic E-state index is -1.00. The van der Waals surface area contributed by atoms with Crippen molar-refractivity contribution < 1.29 is 9.90 Å². The third kappa shape index (κ3) is 2.68. The van der Waals surface area contributed by atoms with E-state index in [2.05, 4.69) is 21.0 Å². The second-order valence-electron chi connectivity index (χ2n) is 3.44. The van der Waals surface area contributed by atoms with Crippen LogP contribution in [0, 0.1) is 0 Å². The van der Waals surface area contributed by atoms with Crippen LogP contribution >= 0.6 is 27.5 Å². The number of nitrogens with zero attached hydrogens (tertiary/aromatic N) is 2. The summed E-state index contributed by atoms with van der Waals surface area (Å²) in [4.78, 5) is 10.8. The van der Waals surface area contributed by atoms with Crippen LogP contribution in [0.25, 0.3) is 0 Å². The van der Waals surface area contributed by atoms with Crippen molar-refractivity contribution in [3.63, 3.8) is 0 Å². The monoisotopic (exact) mass is 314 g/mol. The molecular formula is C11H8BrClN2O2. The molecular weight excluding hydrogens is 307 g/mol. The zero-order chi connectivity index (χ0) is 12.4. The number of carboxylic acids is 1. The summed E-state index contributed by atoms with van der Waals surface area (Å²) < 4.78 is 2.03. The number of hydrogen-bond acceptors (Lipinski definition) is 2. The van der Waals surface area contributed by atoms with Crippen molar-refractivity contribution >= 4 is 33.5 Å². The summed E-state index contributed by atoms with van der Waals surface area (Å²) in [6.45, 7) is 0.491. The van der Waals surface area contributed by atoms with Crippen molar-refractivity contribution in [2.75, 3.05) is 0 Å². The van der Waals surface area contributed by atoms with Gasteiger partial charge in [-0.15, -0.1) is 0 Å². The normalized spacial score (nSPS) is 10.5. The fraction of sp³-hybridized carbons (Fsp3) is 0.0909. The summed E-state index contributed by atoms with van der Waals surface area (Å²) in [5.41, 5.74) is 1.15. The van der Waals surface area contributed by atoms with Gasteiger partial charge in [0.25, 0.3) is 0 Å². The number of benzene rings is 1. The molecule has 0 fully saturated rings. The van der Waals surface area contributed by atoms with E-state index in [-0.39, 0.29) is 5.56 Å². The maximum absolute atomic E-state index is 10.8. The number of carboxylic acid groups (broad SMARTS) is 1. The highest BCUT2D eigenvalue weighted by atomic mass is 79.9. The predicted octanol–water partition coefficient (Wildman–Crippen LogP) is 3.05. The Bertz CT molecular complexity index is 551. The van der Waals surface area contributed by atoms with E-state index in [0.717, 1.165) is 5.56 Å². The van der Waals surface area contributed by atoms with Crippen LogP contribution < -0.4 is 0 Å². The number of carbonyl (C=O) groups is 1. The van der Waals surface area contributed by atoms with Crippen LogP contribution in [0.4, 0.5) is 0 Å². The number of rotatable bonds is 3. The summed E-state index contributed by atoms with van der Waals surface area (Å²) in [5, 5.41) is 13.6. The molecule has 17 heavy (non-hydrogen) atoms. The summed E-state index contributed by atoms with van der Waals surface area (Å²) in [5.74, 6) is -1.00. The van der Waals surface area contributed by atoms with Gasteiger partial charge in [-0.25, -0.2) is 4.79 Å². The zero-order valence-corrected chi connectivity index (χ0v) is 10.9. The molecule has 0 amide bonds. The number of hydrogen-bond donors (Lipinski definition) is 1. The van der Waals surface area contributed by atoms with Crippen molar-refractivity contribution in [2.45, 2.75) is 6.54 Å². The average molecular weight is 316 g/mol. The van der Waals surface area contributed by atoms with Gasteiger partial charge in [0.05, 0.1) is 12.7 Å². The molecule has 0 saturated carbocycles. The molecule has 2 rings (SSSR count). The molecule has 1 heterocycles. The van der Waals surface area contributed by atoms with Gasteiger partial charge in [-0.2, -0.15) is 5.10 Å². The molecule has 1 N–H and O–H groups in total. The topological polar surface area (TPSA) is 55.1 Å². The Kier molecular flexibility index (Phi) is 3.49. The van der Waals surface area contributed by atoms with Gasteiger partial charge in [0.15, 0.2) is 0 Å². The van der Waals surface area contributed by atoms with Crippen LogP contribution in [0.5, 0.6) is 0 Å². The van der Waals surface area contributed by atoms with Crippen LogP contribution in [-0.4, -0.2) is 20.9 Å². The van der Waals surface area contributed by atoms with Gasteiger partial charge in [0.2, 0.25) is 0 Å². The summed E-state index contributed by atoms with van der Waals surface area (Å²) in [7, 11) is 0. The Morgan fingerprint density at radius 3 is 2.59 bits per heavy atom. The van der Waals surface area contributed by atoms with E-state index in [1.54, 1.807) is 16.8 Å². The fourth-order valence-electron chi connectivity index (χ4n) is 1.39. The van der Waals surface area contributed by atoms with E-state index in [1.165, 1.54) is 6.20 Å². The molecule has 4 nitrogen and oxygen atoms in total. The van der Waals surface area contributed by atoms with Crippen molar-refractivity contribution in [2.24, 2.45) is 0 Å². The van der Waals surface area contributed by atoms with E-state index in [4.69, 9.17) is 16.7 Å². The number of halogens is 2. The third-order valence-corrected chi connectivity index (χ3v) is 3.34. The molecule has 6 heteroatoms. The standard InChI is InChI=1S/C11H8BrClN2O2/c12-10-9(11(16)17)5-14-15(10)6-7-1-3-8(13)4-2-7/h1-5H,6H2,(H,16,17). The minimum absolute atomic E-state index is 0.152. The molecule has 0 bridgehead atoms. The smallest absolute Gasteiger partial charge is 0.340 e. The van der Waals surface area contributed by atoms with Crippen molar-refractivity contribution in [3.8, 4) is 0 Å². The first-order chi connectivity index (χ1) is 8.08. The molecule has 0 radical (unpaired) electrons. The van der Waals surface area contributed by atoms with E-state index in [9.17, 15) is 4.79 Å². The van der Waals surface area contributed by atoms with Crippen molar-refractivity contribution in [3.05, 3.63) is 51.2 Å². The molecule has 0 aliphatic heterocycles. The van der Waals surface area contributed by atoms with Gasteiger partial charge in [-0.3, -0.25) is 4.68 Å². The second kappa shape index (κ2) is 4.89. The van der Waals surface area contributed by atoms with Crippen LogP contribution in [0.15, 0.2) is 35.1 Å². The maximum Gasteiger partial charge on any atom is 0.340 e. The molecule has 1 aromatic heterocycles. The van der Waals surface area contributed by atoms with Crippen LogP contribution in [0.1, 0.15) is 15.9 Å². The fourth-order valence-corrected chi connectivity index (χ4v) is 2.00. The van der Waals surface area contributed by atoms with E-state index in [0.29, 0.717) is 16.2 Å². The summed E-state index contributed by atoms with van der Waals surface area (Å²) >= 11 is 9.00. The Hall–Kier alpha value is -1.33. The quantitative estimate of drug-likeness (QED) is 0.947. The molecule has 0 saturated heterocycles.